The quantitative estimate of drug-likeness (QED) is 0.725. The van der Waals surface area contributed by atoms with Crippen LogP contribution in [-0.2, 0) is 0 Å². The first-order chi connectivity index (χ1) is 12.7. The van der Waals surface area contributed by atoms with Crippen LogP contribution in [0, 0.1) is 0 Å². The van der Waals surface area contributed by atoms with Crippen molar-refractivity contribution >= 4 is 6.03 Å². The normalized spacial score (nSPS) is 21.6. The Morgan fingerprint density at radius 1 is 1.30 bits per heavy atom. The topological polar surface area (TPSA) is 47.0 Å². The van der Waals surface area contributed by atoms with Crippen LogP contribution in [0.3, 0.4) is 0 Å². The van der Waals surface area contributed by atoms with E-state index in [4.69, 9.17) is 0 Å². The van der Waals surface area contributed by atoms with Gasteiger partial charge in [-0.05, 0) is 38.3 Å². The summed E-state index contributed by atoms with van der Waals surface area (Å²) in [7, 11) is 0. The number of piperidine rings is 1. The van der Waals surface area contributed by atoms with Gasteiger partial charge < -0.3 is 10.1 Å². The van der Waals surface area contributed by atoms with E-state index in [0.29, 0.717) is 38.0 Å². The smallest absolute Gasteiger partial charge is 0.317 e. The molecule has 2 heterocycles. The molecule has 2 aliphatic heterocycles. The maximum absolute atomic E-state index is 12.8. The first kappa shape index (κ1) is 21.2. The lowest BCUT2D eigenvalue weighted by atomic mass is 10.0. The lowest BCUT2D eigenvalue weighted by Crippen LogP contribution is -2.52. The van der Waals surface area contributed by atoms with Gasteiger partial charge in [-0.15, -0.1) is 0 Å². The molecule has 0 saturated carbocycles. The number of hydrogen-bond donors (Lipinski definition) is 1. The lowest BCUT2D eigenvalue weighted by molar-refractivity contribution is -0.113. The Morgan fingerprint density at radius 3 is 2.56 bits per heavy atom. The number of halogens is 3. The third-order valence-corrected chi connectivity index (χ3v) is 4.69. The van der Waals surface area contributed by atoms with Gasteiger partial charge >= 0.3 is 12.2 Å². The first-order valence-corrected chi connectivity index (χ1v) is 8.97. The fourth-order valence-corrected chi connectivity index (χ4v) is 3.08. The van der Waals surface area contributed by atoms with Crippen LogP contribution >= 0.6 is 0 Å². The largest absolute Gasteiger partial charge is 0.412 e. The molecule has 27 heavy (non-hydrogen) atoms. The minimum Gasteiger partial charge on any atom is -0.317 e. The second-order valence-corrected chi connectivity index (χ2v) is 6.72. The molecule has 0 atom stereocenters. The predicted molar refractivity (Wildman–Crippen MR) is 97.0 cm³/mol. The van der Waals surface area contributed by atoms with Gasteiger partial charge in [0, 0.05) is 37.4 Å². The molecular weight excluding hydrogens is 359 g/mol. The molecule has 150 valence electrons. The maximum atomic E-state index is 12.8. The van der Waals surface area contributed by atoms with Crippen LogP contribution in [0.2, 0.25) is 0 Å². The molecule has 1 N–H and O–H groups in total. The zero-order chi connectivity index (χ0) is 20.0. The molecule has 5 nitrogen and oxygen atoms in total. The summed E-state index contributed by atoms with van der Waals surface area (Å²) in [6.45, 7) is 4.52. The van der Waals surface area contributed by atoms with Crippen LogP contribution in [0.1, 0.15) is 26.7 Å². The summed E-state index contributed by atoms with van der Waals surface area (Å²) in [5.74, 6) is 0. The Labute approximate surface area is 157 Å². The molecular formula is C19H26F3N3O2. The van der Waals surface area contributed by atoms with E-state index in [1.807, 2.05) is 6.08 Å². The summed E-state index contributed by atoms with van der Waals surface area (Å²) >= 11 is 0. The second-order valence-electron chi connectivity index (χ2n) is 6.72. The van der Waals surface area contributed by atoms with Crippen LogP contribution in [0.5, 0.6) is 0 Å². The molecule has 0 bridgehead atoms. The minimum absolute atomic E-state index is 0.0508. The van der Waals surface area contributed by atoms with Crippen LogP contribution in [0.25, 0.3) is 0 Å². The van der Waals surface area contributed by atoms with Crippen molar-refractivity contribution in [3.63, 3.8) is 0 Å². The summed E-state index contributed by atoms with van der Waals surface area (Å²) in [4.78, 5) is 16.1. The number of carbonyl (C=O) groups excluding carboxylic acids is 1. The monoisotopic (exact) mass is 385 g/mol. The molecule has 0 aromatic heterocycles. The highest BCUT2D eigenvalue weighted by atomic mass is 19.4. The van der Waals surface area contributed by atoms with Gasteiger partial charge in [-0.25, -0.2) is 4.79 Å². The van der Waals surface area contributed by atoms with E-state index < -0.39 is 11.7 Å². The lowest BCUT2D eigenvalue weighted by Gasteiger charge is -2.40. The Bertz CT molecular complexity index is 645. The molecule has 8 heteroatoms. The molecule has 2 aliphatic rings. The van der Waals surface area contributed by atoms with Gasteiger partial charge in [-0.2, -0.15) is 18.2 Å². The van der Waals surface area contributed by atoms with Crippen molar-refractivity contribution < 1.29 is 23.2 Å². The van der Waals surface area contributed by atoms with E-state index in [1.165, 1.54) is 16.0 Å². The Kier molecular flexibility index (Phi) is 7.26. The van der Waals surface area contributed by atoms with Crippen molar-refractivity contribution in [2.24, 2.45) is 0 Å². The highest BCUT2D eigenvalue weighted by Crippen LogP contribution is 2.25. The molecule has 1 saturated heterocycles. The van der Waals surface area contributed by atoms with Gasteiger partial charge in [0.2, 0.25) is 0 Å². The summed E-state index contributed by atoms with van der Waals surface area (Å²) in [5.41, 5.74) is -0.0893. The van der Waals surface area contributed by atoms with E-state index in [-0.39, 0.29) is 18.6 Å². The molecule has 1 fully saturated rings. The van der Waals surface area contributed by atoms with Gasteiger partial charge in [-0.3, -0.25) is 4.90 Å². The van der Waals surface area contributed by atoms with Crippen LogP contribution in [0.15, 0.2) is 47.7 Å². The summed E-state index contributed by atoms with van der Waals surface area (Å²) < 4.78 is 38.0. The predicted octanol–water partition coefficient (Wildman–Crippen LogP) is 4.10. The summed E-state index contributed by atoms with van der Waals surface area (Å²) in [6, 6.07) is -0.115. The van der Waals surface area contributed by atoms with E-state index in [1.54, 1.807) is 30.2 Å². The van der Waals surface area contributed by atoms with Crippen LogP contribution in [-0.4, -0.2) is 64.5 Å². The number of urea groups is 1. The van der Waals surface area contributed by atoms with E-state index in [9.17, 15) is 23.2 Å². The standard InChI is InChI=1S/C19H26F3N3O2/c1-3-5-16(7-6-15(2)19(20,21)22)14-23-10-4-11-25(18(23)26)17-8-12-24(27)13-9-17/h3-7,10,17,27H,8-9,11-14H2,1-2H3/b5-3-,15-6+,16-7+. The number of allylic oxidation sites excluding steroid dienone is 4. The number of amides is 2. The Morgan fingerprint density at radius 2 is 1.96 bits per heavy atom. The first-order valence-electron chi connectivity index (χ1n) is 8.97. The number of rotatable bonds is 5. The van der Waals surface area contributed by atoms with Gasteiger partial charge in [0.1, 0.15) is 0 Å². The van der Waals surface area contributed by atoms with Gasteiger partial charge in [0.15, 0.2) is 0 Å². The summed E-state index contributed by atoms with van der Waals surface area (Å²) in [6.07, 6.45) is 6.42. The SMILES string of the molecule is C\C=C/C(=C\C=C(/C)C(F)(F)F)CN1C=CCN(C2CCN(O)CC2)C1=O. The van der Waals surface area contributed by atoms with Crippen molar-refractivity contribution in [2.75, 3.05) is 26.2 Å². The van der Waals surface area contributed by atoms with E-state index >= 15 is 0 Å². The zero-order valence-corrected chi connectivity index (χ0v) is 15.6. The molecule has 0 spiro atoms. The number of carbonyl (C=O) groups is 1. The number of alkyl halides is 3. The minimum atomic E-state index is -4.36. The molecule has 0 unspecified atom stereocenters. The highest BCUT2D eigenvalue weighted by Gasteiger charge is 2.31. The Balaban J connectivity index is 2.10. The highest BCUT2D eigenvalue weighted by molar-refractivity contribution is 5.77. The van der Waals surface area contributed by atoms with Crippen molar-refractivity contribution in [2.45, 2.75) is 38.9 Å². The van der Waals surface area contributed by atoms with Crippen molar-refractivity contribution in [1.82, 2.24) is 14.9 Å². The number of nitrogens with zero attached hydrogens (tertiary/aromatic N) is 3. The van der Waals surface area contributed by atoms with Crippen LogP contribution < -0.4 is 0 Å². The average Bonchev–Trinajstić information content (AvgIpc) is 2.61. The van der Waals surface area contributed by atoms with Gasteiger partial charge in [-0.1, -0.05) is 24.3 Å². The zero-order valence-electron chi connectivity index (χ0n) is 15.6. The van der Waals surface area contributed by atoms with Gasteiger partial charge in [0.05, 0.1) is 6.54 Å². The van der Waals surface area contributed by atoms with Crippen molar-refractivity contribution in [1.29, 1.82) is 0 Å². The van der Waals surface area contributed by atoms with Crippen LogP contribution in [0.4, 0.5) is 18.0 Å². The van der Waals surface area contributed by atoms with Gasteiger partial charge in [0.25, 0.3) is 0 Å². The third kappa shape index (κ3) is 5.97. The third-order valence-electron chi connectivity index (χ3n) is 4.69. The van der Waals surface area contributed by atoms with E-state index in [2.05, 4.69) is 0 Å². The Hall–Kier alpha value is -2.06. The number of hydroxylamine groups is 2. The molecule has 2 rings (SSSR count). The van der Waals surface area contributed by atoms with E-state index in [0.717, 1.165) is 13.0 Å². The second kappa shape index (κ2) is 9.23. The summed E-state index contributed by atoms with van der Waals surface area (Å²) in [5, 5.41) is 10.7. The fraction of sp³-hybridized carbons (Fsp3) is 0.526. The molecule has 0 aromatic carbocycles. The number of hydrogen-bond acceptors (Lipinski definition) is 3. The molecule has 2 amide bonds. The molecule has 0 radical (unpaired) electrons. The molecule has 0 aliphatic carbocycles. The average molecular weight is 385 g/mol. The van der Waals surface area contributed by atoms with Crippen molar-refractivity contribution in [3.05, 3.63) is 47.7 Å². The molecule has 0 aromatic rings. The maximum Gasteiger partial charge on any atom is 0.412 e. The van der Waals surface area contributed by atoms with Crippen molar-refractivity contribution in [3.8, 4) is 0 Å². The fourth-order valence-electron chi connectivity index (χ4n) is 3.08.